The van der Waals surface area contributed by atoms with E-state index in [0.29, 0.717) is 0 Å². The van der Waals surface area contributed by atoms with Crippen LogP contribution in [0.2, 0.25) is 5.02 Å². The summed E-state index contributed by atoms with van der Waals surface area (Å²) in [6.07, 6.45) is 5.50. The highest BCUT2D eigenvalue weighted by atomic mass is 35.5. The molecule has 18 heavy (non-hydrogen) atoms. The van der Waals surface area contributed by atoms with Gasteiger partial charge in [-0.25, -0.2) is 0 Å². The molecule has 1 heterocycles. The molecular formula is C14H21Cl2NS. The Kier molecular flexibility index (Phi) is 8.16. The summed E-state index contributed by atoms with van der Waals surface area (Å²) in [5.41, 5.74) is 0. The summed E-state index contributed by atoms with van der Waals surface area (Å²) in [4.78, 5) is 3.93. The first kappa shape index (κ1) is 16.2. The van der Waals surface area contributed by atoms with Crippen molar-refractivity contribution in [2.45, 2.75) is 30.6 Å². The molecule has 0 spiro atoms. The van der Waals surface area contributed by atoms with Gasteiger partial charge in [0.1, 0.15) is 0 Å². The van der Waals surface area contributed by atoms with E-state index >= 15 is 0 Å². The van der Waals surface area contributed by atoms with E-state index in [1.165, 1.54) is 56.0 Å². The van der Waals surface area contributed by atoms with E-state index in [-0.39, 0.29) is 12.4 Å². The van der Waals surface area contributed by atoms with Gasteiger partial charge in [0.25, 0.3) is 0 Å². The predicted octanol–water partition coefficient (Wildman–Crippen LogP) is 4.73. The fourth-order valence-electron chi connectivity index (χ4n) is 2.19. The Hall–Kier alpha value is 0.110. The van der Waals surface area contributed by atoms with E-state index in [1.807, 2.05) is 23.9 Å². The summed E-state index contributed by atoms with van der Waals surface area (Å²) in [7, 11) is 0. The lowest BCUT2D eigenvalue weighted by Crippen LogP contribution is -2.30. The lowest BCUT2D eigenvalue weighted by atomic mass is 10.1. The Morgan fingerprint density at radius 3 is 2.39 bits per heavy atom. The quantitative estimate of drug-likeness (QED) is 0.571. The molecule has 4 heteroatoms. The van der Waals surface area contributed by atoms with Gasteiger partial charge in [0, 0.05) is 9.92 Å². The van der Waals surface area contributed by atoms with E-state index in [1.54, 1.807) is 0 Å². The minimum Gasteiger partial charge on any atom is -0.303 e. The Balaban J connectivity index is 0.00000162. The van der Waals surface area contributed by atoms with Crippen molar-refractivity contribution in [1.29, 1.82) is 0 Å². The van der Waals surface area contributed by atoms with Gasteiger partial charge in [-0.15, -0.1) is 24.2 Å². The first-order valence-electron chi connectivity index (χ1n) is 6.45. The fraction of sp³-hybridized carbons (Fsp3) is 0.571. The minimum absolute atomic E-state index is 0. The molecule has 0 aromatic heterocycles. The topological polar surface area (TPSA) is 3.24 Å². The summed E-state index contributed by atoms with van der Waals surface area (Å²) in [5.74, 6) is 1.21. The second kappa shape index (κ2) is 9.08. The maximum absolute atomic E-state index is 5.86. The van der Waals surface area contributed by atoms with Gasteiger partial charge in [-0.2, -0.15) is 0 Å². The highest BCUT2D eigenvalue weighted by molar-refractivity contribution is 7.99. The molecule has 1 aromatic carbocycles. The Bertz CT molecular complexity index is 323. The Morgan fingerprint density at radius 2 is 1.72 bits per heavy atom. The van der Waals surface area contributed by atoms with Crippen molar-refractivity contribution in [3.8, 4) is 0 Å². The monoisotopic (exact) mass is 305 g/mol. The van der Waals surface area contributed by atoms with E-state index in [0.717, 1.165) is 5.02 Å². The molecule has 0 amide bonds. The average Bonchev–Trinajstić information content (AvgIpc) is 2.38. The zero-order chi connectivity index (χ0) is 11.9. The first-order chi connectivity index (χ1) is 8.34. The van der Waals surface area contributed by atoms with Crippen LogP contribution in [0.3, 0.4) is 0 Å². The highest BCUT2D eigenvalue weighted by Crippen LogP contribution is 2.21. The van der Waals surface area contributed by atoms with Gasteiger partial charge in [-0.3, -0.25) is 0 Å². The van der Waals surface area contributed by atoms with E-state index in [4.69, 9.17) is 11.6 Å². The first-order valence-corrected chi connectivity index (χ1v) is 7.82. The third-order valence-corrected chi connectivity index (χ3v) is 4.50. The van der Waals surface area contributed by atoms with Gasteiger partial charge < -0.3 is 4.90 Å². The van der Waals surface area contributed by atoms with Gasteiger partial charge in [0.05, 0.1) is 0 Å². The number of rotatable bonds is 5. The molecule has 0 atom stereocenters. The van der Waals surface area contributed by atoms with Gasteiger partial charge >= 0.3 is 0 Å². The summed E-state index contributed by atoms with van der Waals surface area (Å²) in [5, 5.41) is 0.822. The molecule has 1 aliphatic heterocycles. The van der Waals surface area contributed by atoms with Crippen molar-refractivity contribution in [2.75, 3.05) is 25.4 Å². The number of likely N-dealkylation sites (tertiary alicyclic amines) is 1. The number of hydrogen-bond donors (Lipinski definition) is 0. The molecule has 0 saturated carbocycles. The third kappa shape index (κ3) is 5.83. The number of thioether (sulfide) groups is 1. The molecule has 0 bridgehead atoms. The van der Waals surface area contributed by atoms with Crippen LogP contribution in [0, 0.1) is 0 Å². The van der Waals surface area contributed by atoms with Crippen molar-refractivity contribution in [3.63, 3.8) is 0 Å². The average molecular weight is 306 g/mol. The van der Waals surface area contributed by atoms with Crippen LogP contribution in [0.25, 0.3) is 0 Å². The number of hydrogen-bond acceptors (Lipinski definition) is 2. The van der Waals surface area contributed by atoms with Crippen LogP contribution in [-0.4, -0.2) is 30.3 Å². The second-order valence-electron chi connectivity index (χ2n) is 4.56. The molecule has 0 unspecified atom stereocenters. The normalized spacial score (nSPS) is 16.3. The molecule has 102 valence electrons. The molecule has 1 aliphatic rings. The lowest BCUT2D eigenvalue weighted by molar-refractivity contribution is 0.230. The number of piperidine rings is 1. The van der Waals surface area contributed by atoms with Crippen LogP contribution in [0.15, 0.2) is 29.2 Å². The van der Waals surface area contributed by atoms with Gasteiger partial charge in [0.15, 0.2) is 0 Å². The van der Waals surface area contributed by atoms with E-state index < -0.39 is 0 Å². The van der Waals surface area contributed by atoms with Gasteiger partial charge in [-0.1, -0.05) is 18.0 Å². The molecule has 1 saturated heterocycles. The molecule has 1 fully saturated rings. The van der Waals surface area contributed by atoms with Gasteiger partial charge in [-0.05, 0) is 68.9 Å². The van der Waals surface area contributed by atoms with Crippen LogP contribution < -0.4 is 0 Å². The van der Waals surface area contributed by atoms with Crippen LogP contribution in [-0.2, 0) is 0 Å². The molecule has 2 rings (SSSR count). The molecule has 1 aromatic rings. The highest BCUT2D eigenvalue weighted by Gasteiger charge is 2.08. The fourth-order valence-corrected chi connectivity index (χ4v) is 3.16. The van der Waals surface area contributed by atoms with Crippen LogP contribution >= 0.6 is 35.8 Å². The summed E-state index contributed by atoms with van der Waals surface area (Å²) < 4.78 is 0. The van der Waals surface area contributed by atoms with Crippen LogP contribution in [0.1, 0.15) is 25.7 Å². The van der Waals surface area contributed by atoms with Crippen molar-refractivity contribution < 1.29 is 0 Å². The zero-order valence-corrected chi connectivity index (χ0v) is 13.0. The SMILES string of the molecule is Cl.Clc1ccc(SCCCN2CCCCC2)cc1. The Labute approximate surface area is 126 Å². The van der Waals surface area contributed by atoms with Crippen molar-refractivity contribution >= 4 is 35.8 Å². The van der Waals surface area contributed by atoms with Crippen LogP contribution in [0.4, 0.5) is 0 Å². The maximum Gasteiger partial charge on any atom is 0.0406 e. The largest absolute Gasteiger partial charge is 0.303 e. The van der Waals surface area contributed by atoms with E-state index in [9.17, 15) is 0 Å². The third-order valence-electron chi connectivity index (χ3n) is 3.15. The van der Waals surface area contributed by atoms with Crippen molar-refractivity contribution in [1.82, 2.24) is 4.90 Å². The predicted molar refractivity (Wildman–Crippen MR) is 84.3 cm³/mol. The molecule has 0 N–H and O–H groups in total. The minimum atomic E-state index is 0. The summed E-state index contributed by atoms with van der Waals surface area (Å²) >= 11 is 7.79. The summed E-state index contributed by atoms with van der Waals surface area (Å²) in [6, 6.07) is 8.14. The molecule has 0 radical (unpaired) electrons. The number of benzene rings is 1. The Morgan fingerprint density at radius 1 is 1.06 bits per heavy atom. The van der Waals surface area contributed by atoms with Crippen LogP contribution in [0.5, 0.6) is 0 Å². The molecule has 0 aliphatic carbocycles. The van der Waals surface area contributed by atoms with Crippen molar-refractivity contribution in [2.24, 2.45) is 0 Å². The lowest BCUT2D eigenvalue weighted by Gasteiger charge is -2.26. The number of halogens is 2. The number of nitrogens with zero attached hydrogens (tertiary/aromatic N) is 1. The smallest absolute Gasteiger partial charge is 0.0406 e. The van der Waals surface area contributed by atoms with Crippen molar-refractivity contribution in [3.05, 3.63) is 29.3 Å². The second-order valence-corrected chi connectivity index (χ2v) is 6.16. The molecule has 1 nitrogen and oxygen atoms in total. The maximum atomic E-state index is 5.86. The van der Waals surface area contributed by atoms with Gasteiger partial charge in [0.2, 0.25) is 0 Å². The summed E-state index contributed by atoms with van der Waals surface area (Å²) in [6.45, 7) is 3.89. The molecular weight excluding hydrogens is 285 g/mol. The standard InChI is InChI=1S/C14H20ClNS.ClH/c15-13-5-7-14(8-6-13)17-12-4-11-16-9-2-1-3-10-16;/h5-8H,1-4,9-12H2;1H. The van der Waals surface area contributed by atoms with E-state index in [2.05, 4.69) is 17.0 Å². The zero-order valence-electron chi connectivity index (χ0n) is 10.6.